The second kappa shape index (κ2) is 10.2. The van der Waals surface area contributed by atoms with Crippen LogP contribution in [0, 0.1) is 0 Å². The van der Waals surface area contributed by atoms with Crippen molar-refractivity contribution in [3.8, 4) is 0 Å². The molecule has 0 spiro atoms. The minimum Gasteiger partial charge on any atom is -0.376 e. The van der Waals surface area contributed by atoms with Gasteiger partial charge in [0.05, 0.1) is 24.1 Å². The number of hydrogen-bond acceptors (Lipinski definition) is 5. The third-order valence-electron chi connectivity index (χ3n) is 4.96. The van der Waals surface area contributed by atoms with Gasteiger partial charge in [-0.05, 0) is 45.2 Å². The van der Waals surface area contributed by atoms with Crippen molar-refractivity contribution in [1.82, 2.24) is 14.9 Å². The molecule has 1 heterocycles. The molecular formula is C20H31N3O5S. The van der Waals surface area contributed by atoms with Gasteiger partial charge in [0.1, 0.15) is 0 Å². The lowest BCUT2D eigenvalue weighted by Crippen LogP contribution is -2.51. The van der Waals surface area contributed by atoms with Crippen molar-refractivity contribution in [2.75, 3.05) is 26.2 Å². The van der Waals surface area contributed by atoms with Crippen LogP contribution in [0.15, 0.2) is 35.2 Å². The normalized spacial score (nSPS) is 17.1. The number of carbonyl (C=O) groups excluding carboxylic acids is 2. The molecule has 1 aromatic rings. The summed E-state index contributed by atoms with van der Waals surface area (Å²) in [6, 6.07) is 7.85. The number of benzene rings is 1. The van der Waals surface area contributed by atoms with Gasteiger partial charge in [-0.3, -0.25) is 9.59 Å². The maximum atomic E-state index is 12.7. The molecule has 0 aromatic heterocycles. The number of rotatable bonds is 10. The van der Waals surface area contributed by atoms with E-state index in [1.165, 1.54) is 17.0 Å². The molecule has 0 aliphatic carbocycles. The van der Waals surface area contributed by atoms with Crippen LogP contribution in [-0.4, -0.2) is 63.0 Å². The van der Waals surface area contributed by atoms with Gasteiger partial charge in [0.25, 0.3) is 0 Å². The van der Waals surface area contributed by atoms with Gasteiger partial charge in [-0.1, -0.05) is 25.1 Å². The summed E-state index contributed by atoms with van der Waals surface area (Å²) in [5.74, 6) is -0.751. The molecule has 1 aromatic carbocycles. The quantitative estimate of drug-likeness (QED) is 0.588. The van der Waals surface area contributed by atoms with Crippen LogP contribution in [0.2, 0.25) is 0 Å². The molecular weight excluding hydrogens is 394 g/mol. The number of ether oxygens (including phenoxy) is 1. The van der Waals surface area contributed by atoms with Crippen LogP contribution >= 0.6 is 0 Å². The van der Waals surface area contributed by atoms with Gasteiger partial charge in [-0.2, -0.15) is 0 Å². The summed E-state index contributed by atoms with van der Waals surface area (Å²) in [5.41, 5.74) is -0.384. The van der Waals surface area contributed by atoms with Crippen LogP contribution in [0.3, 0.4) is 0 Å². The fourth-order valence-corrected chi connectivity index (χ4v) is 3.91. The van der Waals surface area contributed by atoms with Crippen molar-refractivity contribution < 1.29 is 22.7 Å². The van der Waals surface area contributed by atoms with Gasteiger partial charge < -0.3 is 15.0 Å². The summed E-state index contributed by atoms with van der Waals surface area (Å²) in [5, 5.41) is 2.90. The first-order valence-corrected chi connectivity index (χ1v) is 11.4. The Balaban J connectivity index is 2.02. The zero-order chi connectivity index (χ0) is 21.5. The summed E-state index contributed by atoms with van der Waals surface area (Å²) in [6.07, 6.45) is 2.32. The fraction of sp³-hybridized carbons (Fsp3) is 0.600. The summed E-state index contributed by atoms with van der Waals surface area (Å²) in [6.45, 7) is 6.10. The number of nitrogens with zero attached hydrogens (tertiary/aromatic N) is 1. The Morgan fingerprint density at radius 1 is 1.24 bits per heavy atom. The van der Waals surface area contributed by atoms with Crippen LogP contribution in [0.25, 0.3) is 0 Å². The fourth-order valence-electron chi connectivity index (χ4n) is 2.92. The topological polar surface area (TPSA) is 105 Å². The number of sulfonamides is 1. The van der Waals surface area contributed by atoms with E-state index in [2.05, 4.69) is 10.0 Å². The number of amides is 2. The highest BCUT2D eigenvalue weighted by Gasteiger charge is 2.27. The van der Waals surface area contributed by atoms with E-state index in [0.29, 0.717) is 6.61 Å². The highest BCUT2D eigenvalue weighted by molar-refractivity contribution is 7.89. The van der Waals surface area contributed by atoms with E-state index in [-0.39, 0.29) is 35.5 Å². The average Bonchev–Trinajstić information content (AvgIpc) is 3.19. The van der Waals surface area contributed by atoms with Gasteiger partial charge in [0.15, 0.2) is 0 Å². The van der Waals surface area contributed by atoms with E-state index in [1.807, 2.05) is 20.8 Å². The first kappa shape index (κ1) is 23.3. The van der Waals surface area contributed by atoms with Gasteiger partial charge in [-0.25, -0.2) is 13.1 Å². The summed E-state index contributed by atoms with van der Waals surface area (Å²) < 4.78 is 32.6. The molecule has 2 amide bonds. The molecule has 162 valence electrons. The monoisotopic (exact) mass is 425 g/mol. The van der Waals surface area contributed by atoms with E-state index >= 15 is 0 Å². The van der Waals surface area contributed by atoms with Gasteiger partial charge in [0, 0.05) is 18.7 Å². The molecule has 8 nitrogen and oxygen atoms in total. The molecule has 1 saturated heterocycles. The molecule has 1 fully saturated rings. The molecule has 0 bridgehead atoms. The van der Waals surface area contributed by atoms with Crippen molar-refractivity contribution in [1.29, 1.82) is 0 Å². The number of carbonyl (C=O) groups is 2. The average molecular weight is 426 g/mol. The van der Waals surface area contributed by atoms with Crippen molar-refractivity contribution >= 4 is 21.8 Å². The van der Waals surface area contributed by atoms with Crippen molar-refractivity contribution in [2.24, 2.45) is 0 Å². The second-order valence-corrected chi connectivity index (χ2v) is 9.60. The maximum absolute atomic E-state index is 12.7. The van der Waals surface area contributed by atoms with Crippen molar-refractivity contribution in [3.05, 3.63) is 30.3 Å². The third-order valence-corrected chi connectivity index (χ3v) is 6.38. The highest BCUT2D eigenvalue weighted by atomic mass is 32.2. The Kier molecular flexibility index (Phi) is 8.18. The Bertz CT molecular complexity index is 790. The first-order chi connectivity index (χ1) is 13.6. The van der Waals surface area contributed by atoms with E-state index in [0.717, 1.165) is 19.3 Å². The van der Waals surface area contributed by atoms with E-state index < -0.39 is 22.5 Å². The highest BCUT2D eigenvalue weighted by Crippen LogP contribution is 2.14. The minimum absolute atomic E-state index is 0.0842. The van der Waals surface area contributed by atoms with Crippen LogP contribution in [-0.2, 0) is 24.3 Å². The second-order valence-electron chi connectivity index (χ2n) is 7.83. The lowest BCUT2D eigenvalue weighted by molar-refractivity contribution is -0.137. The SMILES string of the molecule is CCC(C)(C)NC(=O)CN(C[C@@H]1CCCO1)C(=O)CNS(=O)(=O)c1ccccc1. The number of hydrogen-bond donors (Lipinski definition) is 2. The number of nitrogens with one attached hydrogen (secondary N) is 2. The van der Waals surface area contributed by atoms with Crippen LogP contribution in [0.5, 0.6) is 0 Å². The van der Waals surface area contributed by atoms with Crippen LogP contribution in [0.4, 0.5) is 0 Å². The summed E-state index contributed by atoms with van der Waals surface area (Å²) >= 11 is 0. The standard InChI is InChI=1S/C20H31N3O5S/c1-4-20(2,3)22-18(24)15-23(14-16-9-8-12-28-16)19(25)13-21-29(26,27)17-10-6-5-7-11-17/h5-7,10-11,16,21H,4,8-9,12-15H2,1-3H3,(H,22,24)/t16-/m0/s1. The van der Waals surface area contributed by atoms with Crippen molar-refractivity contribution in [3.63, 3.8) is 0 Å². The predicted octanol–water partition coefficient (Wildman–Crippen LogP) is 1.28. The molecule has 2 N–H and O–H groups in total. The predicted molar refractivity (Wildman–Crippen MR) is 110 cm³/mol. The van der Waals surface area contributed by atoms with Crippen molar-refractivity contribution in [2.45, 2.75) is 56.6 Å². The lowest BCUT2D eigenvalue weighted by Gasteiger charge is -2.29. The van der Waals surface area contributed by atoms with Crippen LogP contribution < -0.4 is 10.0 Å². The first-order valence-electron chi connectivity index (χ1n) is 9.88. The zero-order valence-electron chi connectivity index (χ0n) is 17.3. The molecule has 2 rings (SSSR count). The molecule has 0 radical (unpaired) electrons. The van der Waals surface area contributed by atoms with E-state index in [9.17, 15) is 18.0 Å². The molecule has 1 aliphatic rings. The molecule has 29 heavy (non-hydrogen) atoms. The maximum Gasteiger partial charge on any atom is 0.241 e. The van der Waals surface area contributed by atoms with Crippen LogP contribution in [0.1, 0.15) is 40.0 Å². The third kappa shape index (κ3) is 7.41. The molecule has 9 heteroatoms. The zero-order valence-corrected chi connectivity index (χ0v) is 18.1. The summed E-state index contributed by atoms with van der Waals surface area (Å²) in [7, 11) is -3.81. The van der Waals surface area contributed by atoms with E-state index in [4.69, 9.17) is 4.74 Å². The Hall–Kier alpha value is -1.97. The van der Waals surface area contributed by atoms with Gasteiger partial charge in [-0.15, -0.1) is 0 Å². The Morgan fingerprint density at radius 2 is 1.93 bits per heavy atom. The molecule has 0 saturated carbocycles. The molecule has 1 aliphatic heterocycles. The minimum atomic E-state index is -3.81. The smallest absolute Gasteiger partial charge is 0.241 e. The Morgan fingerprint density at radius 3 is 2.52 bits per heavy atom. The lowest BCUT2D eigenvalue weighted by atomic mass is 10.0. The van der Waals surface area contributed by atoms with Gasteiger partial charge in [0.2, 0.25) is 21.8 Å². The van der Waals surface area contributed by atoms with E-state index in [1.54, 1.807) is 18.2 Å². The molecule has 0 unspecified atom stereocenters. The Labute approximate surface area is 173 Å². The summed E-state index contributed by atoms with van der Waals surface area (Å²) in [4.78, 5) is 26.6. The van der Waals surface area contributed by atoms with Gasteiger partial charge >= 0.3 is 0 Å². The molecule has 1 atom stereocenters. The largest absolute Gasteiger partial charge is 0.376 e.